The van der Waals surface area contributed by atoms with Gasteiger partial charge in [0.15, 0.2) is 5.79 Å². The van der Waals surface area contributed by atoms with Crippen LogP contribution in [0, 0.1) is 11.8 Å². The Morgan fingerprint density at radius 3 is 3.10 bits per heavy atom. The topological polar surface area (TPSA) is 54.0 Å². The first-order chi connectivity index (χ1) is 9.59. The van der Waals surface area contributed by atoms with Gasteiger partial charge in [0, 0.05) is 18.8 Å². The van der Waals surface area contributed by atoms with Gasteiger partial charge in [-0.05, 0) is 13.3 Å². The summed E-state index contributed by atoms with van der Waals surface area (Å²) in [4.78, 5) is 11.6. The van der Waals surface area contributed by atoms with Gasteiger partial charge in [-0.3, -0.25) is 4.79 Å². The Hall–Kier alpha value is -0.910. The number of hydrogen-bond donors (Lipinski definition) is 0. The lowest BCUT2D eigenvalue weighted by atomic mass is 9.85. The van der Waals surface area contributed by atoms with E-state index in [4.69, 9.17) is 18.9 Å². The Morgan fingerprint density at radius 2 is 2.20 bits per heavy atom. The molecule has 3 saturated heterocycles. The summed E-state index contributed by atoms with van der Waals surface area (Å²) in [5, 5.41) is 0. The van der Waals surface area contributed by atoms with Crippen LogP contribution in [0.1, 0.15) is 32.6 Å². The van der Waals surface area contributed by atoms with Gasteiger partial charge in [-0.1, -0.05) is 12.2 Å². The van der Waals surface area contributed by atoms with Crippen molar-refractivity contribution in [1.29, 1.82) is 0 Å². The van der Waals surface area contributed by atoms with E-state index < -0.39 is 5.79 Å². The first-order valence-electron chi connectivity index (χ1n) is 7.38. The number of esters is 1. The molecule has 20 heavy (non-hydrogen) atoms. The number of rotatable bonds is 0. The summed E-state index contributed by atoms with van der Waals surface area (Å²) in [6, 6.07) is 0. The van der Waals surface area contributed by atoms with Gasteiger partial charge in [0.1, 0.15) is 12.9 Å². The molecule has 4 rings (SSSR count). The molecule has 0 unspecified atom stereocenters. The van der Waals surface area contributed by atoms with E-state index in [2.05, 4.69) is 19.1 Å². The second-order valence-electron chi connectivity index (χ2n) is 6.59. The zero-order valence-electron chi connectivity index (χ0n) is 11.7. The maximum absolute atomic E-state index is 11.6. The van der Waals surface area contributed by atoms with E-state index in [1.165, 1.54) is 0 Å². The van der Waals surface area contributed by atoms with Gasteiger partial charge in [-0.15, -0.1) is 0 Å². The molecule has 0 aliphatic carbocycles. The van der Waals surface area contributed by atoms with Gasteiger partial charge < -0.3 is 18.9 Å². The first-order valence-corrected chi connectivity index (χ1v) is 7.38. The lowest BCUT2D eigenvalue weighted by Gasteiger charge is -2.40. The van der Waals surface area contributed by atoms with Crippen LogP contribution in [-0.2, 0) is 23.7 Å². The maximum Gasteiger partial charge on any atom is 0.306 e. The van der Waals surface area contributed by atoms with E-state index in [0.29, 0.717) is 19.8 Å². The monoisotopic (exact) mass is 280 g/mol. The largest absolute Gasteiger partial charge is 0.462 e. The van der Waals surface area contributed by atoms with E-state index in [1.807, 2.05) is 0 Å². The molecule has 0 saturated carbocycles. The van der Waals surface area contributed by atoms with Crippen molar-refractivity contribution in [3.63, 3.8) is 0 Å². The molecule has 2 bridgehead atoms. The van der Waals surface area contributed by atoms with E-state index in [9.17, 15) is 4.79 Å². The summed E-state index contributed by atoms with van der Waals surface area (Å²) in [5.74, 6) is -0.408. The molecule has 4 heterocycles. The zero-order chi connectivity index (χ0) is 13.8. The van der Waals surface area contributed by atoms with Crippen molar-refractivity contribution >= 4 is 5.97 Å². The molecular formula is C15H20O5. The summed E-state index contributed by atoms with van der Waals surface area (Å²) >= 11 is 0. The van der Waals surface area contributed by atoms with Gasteiger partial charge in [0.05, 0.1) is 24.5 Å². The van der Waals surface area contributed by atoms with Gasteiger partial charge in [0.25, 0.3) is 0 Å². The fourth-order valence-electron chi connectivity index (χ4n) is 3.93. The Morgan fingerprint density at radius 1 is 1.30 bits per heavy atom. The van der Waals surface area contributed by atoms with E-state index in [-0.39, 0.29) is 29.5 Å². The molecule has 5 heteroatoms. The molecule has 0 amide bonds. The summed E-state index contributed by atoms with van der Waals surface area (Å²) in [6.07, 6.45) is 7.15. The standard InChI is InChI=1S/C15H20O5/c1-14-4-5-15(20-14)11(8-17-9-18-15)3-2-10-6-13(16)19-12(10)7-14/h2-3,10-12H,4-9H2,1H3/b3-2-/t10-,11+,12-,14-,15+/m1/s1. The van der Waals surface area contributed by atoms with Crippen LogP contribution in [0.15, 0.2) is 12.2 Å². The third-order valence-corrected chi connectivity index (χ3v) is 5.06. The van der Waals surface area contributed by atoms with Crippen LogP contribution in [0.4, 0.5) is 0 Å². The predicted molar refractivity (Wildman–Crippen MR) is 68.6 cm³/mol. The van der Waals surface area contributed by atoms with Crippen LogP contribution in [0.3, 0.4) is 0 Å². The molecule has 0 aromatic carbocycles. The first kappa shape index (κ1) is 12.8. The van der Waals surface area contributed by atoms with E-state index in [0.717, 1.165) is 19.3 Å². The highest BCUT2D eigenvalue weighted by atomic mass is 16.8. The van der Waals surface area contributed by atoms with Crippen molar-refractivity contribution in [2.45, 2.75) is 50.1 Å². The molecule has 110 valence electrons. The van der Waals surface area contributed by atoms with Crippen molar-refractivity contribution < 1.29 is 23.7 Å². The number of carbonyl (C=O) groups excluding carboxylic acids is 1. The Bertz CT molecular complexity index is 461. The zero-order valence-corrected chi connectivity index (χ0v) is 11.7. The second kappa shape index (κ2) is 4.29. The molecule has 0 aromatic heterocycles. The summed E-state index contributed by atoms with van der Waals surface area (Å²) in [7, 11) is 0. The van der Waals surface area contributed by atoms with Crippen molar-refractivity contribution in [2.24, 2.45) is 11.8 Å². The van der Waals surface area contributed by atoms with Gasteiger partial charge in [0.2, 0.25) is 0 Å². The fourth-order valence-corrected chi connectivity index (χ4v) is 3.93. The lowest BCUT2D eigenvalue weighted by molar-refractivity contribution is -0.332. The van der Waals surface area contributed by atoms with Crippen LogP contribution in [0.25, 0.3) is 0 Å². The van der Waals surface area contributed by atoms with Crippen molar-refractivity contribution in [1.82, 2.24) is 0 Å². The third kappa shape index (κ3) is 1.91. The predicted octanol–water partition coefficient (Wildman–Crippen LogP) is 1.76. The number of fused-ring (bicyclic) bond motifs is 2. The summed E-state index contributed by atoms with van der Waals surface area (Å²) < 4.78 is 23.1. The van der Waals surface area contributed by atoms with Gasteiger partial charge >= 0.3 is 5.97 Å². The van der Waals surface area contributed by atoms with Crippen molar-refractivity contribution in [3.8, 4) is 0 Å². The third-order valence-electron chi connectivity index (χ3n) is 5.06. The normalized spacial score (nSPS) is 52.2. The highest BCUT2D eigenvalue weighted by Crippen LogP contribution is 2.49. The molecule has 0 radical (unpaired) electrons. The lowest BCUT2D eigenvalue weighted by Crippen LogP contribution is -2.48. The summed E-state index contributed by atoms with van der Waals surface area (Å²) in [6.45, 7) is 3.01. The van der Waals surface area contributed by atoms with Gasteiger partial charge in [-0.2, -0.15) is 0 Å². The number of ether oxygens (including phenoxy) is 4. The van der Waals surface area contributed by atoms with Crippen molar-refractivity contribution in [3.05, 3.63) is 12.2 Å². The molecule has 3 fully saturated rings. The van der Waals surface area contributed by atoms with Crippen LogP contribution < -0.4 is 0 Å². The highest BCUT2D eigenvalue weighted by Gasteiger charge is 2.55. The fraction of sp³-hybridized carbons (Fsp3) is 0.800. The average Bonchev–Trinajstić information content (AvgIpc) is 2.91. The van der Waals surface area contributed by atoms with Gasteiger partial charge in [-0.25, -0.2) is 0 Å². The minimum absolute atomic E-state index is 0.0695. The minimum atomic E-state index is -0.549. The molecule has 1 spiro atoms. The molecule has 0 N–H and O–H groups in total. The smallest absolute Gasteiger partial charge is 0.306 e. The van der Waals surface area contributed by atoms with Crippen LogP contribution in [0.5, 0.6) is 0 Å². The van der Waals surface area contributed by atoms with Crippen LogP contribution >= 0.6 is 0 Å². The van der Waals surface area contributed by atoms with Crippen LogP contribution in [-0.4, -0.2) is 36.9 Å². The maximum atomic E-state index is 11.6. The van der Waals surface area contributed by atoms with E-state index >= 15 is 0 Å². The average molecular weight is 280 g/mol. The second-order valence-corrected chi connectivity index (χ2v) is 6.59. The Balaban J connectivity index is 1.70. The van der Waals surface area contributed by atoms with Crippen LogP contribution in [0.2, 0.25) is 0 Å². The van der Waals surface area contributed by atoms with E-state index in [1.54, 1.807) is 0 Å². The Kier molecular flexibility index (Phi) is 2.75. The molecule has 5 atom stereocenters. The van der Waals surface area contributed by atoms with Crippen molar-refractivity contribution in [2.75, 3.05) is 13.4 Å². The quantitative estimate of drug-likeness (QED) is 0.500. The molecule has 4 aliphatic rings. The number of carbonyl (C=O) groups is 1. The summed E-state index contributed by atoms with van der Waals surface area (Å²) in [5.41, 5.74) is -0.283. The molecule has 4 aliphatic heterocycles. The SMILES string of the molecule is C[C@@]12CC[C@]3(OCOC[C@@H]3/C=C\[C@@H]3CC(=O)O[C@@H]3C1)O2. The molecule has 5 nitrogen and oxygen atoms in total. The molecular weight excluding hydrogens is 260 g/mol. The minimum Gasteiger partial charge on any atom is -0.462 e. The molecule has 0 aromatic rings. The highest BCUT2D eigenvalue weighted by molar-refractivity contribution is 5.72. The number of hydrogen-bond acceptors (Lipinski definition) is 5. The Labute approximate surface area is 118 Å².